The zero-order valence-electron chi connectivity index (χ0n) is 21.7. The van der Waals surface area contributed by atoms with E-state index in [9.17, 15) is 8.96 Å². The van der Waals surface area contributed by atoms with Gasteiger partial charge in [-0.25, -0.2) is 14.4 Å². The molecular weight excluding hydrogens is 536 g/mol. The van der Waals surface area contributed by atoms with Crippen molar-refractivity contribution < 1.29 is 18.1 Å². The fourth-order valence-corrected chi connectivity index (χ4v) is 5.39. The lowest BCUT2D eigenvalue weighted by molar-refractivity contribution is 0.306. The lowest BCUT2D eigenvalue weighted by Crippen LogP contribution is -1.99. The minimum absolute atomic E-state index is 0.204. The van der Waals surface area contributed by atoms with E-state index in [1.807, 2.05) is 49.7 Å². The van der Waals surface area contributed by atoms with Gasteiger partial charge in [0.1, 0.15) is 41.8 Å². The summed E-state index contributed by atoms with van der Waals surface area (Å²) in [6.07, 6.45) is 3.79. The van der Waals surface area contributed by atoms with Crippen molar-refractivity contribution in [3.63, 3.8) is 0 Å². The fourth-order valence-electron chi connectivity index (χ4n) is 4.23. The molecule has 3 aromatic carbocycles. The molecule has 0 unspecified atom stereocenters. The zero-order chi connectivity index (χ0) is 27.4. The molecule has 2 aromatic heterocycles. The lowest BCUT2D eigenvalue weighted by Gasteiger charge is -2.12. The summed E-state index contributed by atoms with van der Waals surface area (Å²) in [4.78, 5) is 8.85. The summed E-state index contributed by atoms with van der Waals surface area (Å²) in [5, 5.41) is 4.57. The van der Waals surface area contributed by atoms with Crippen LogP contribution < -0.4 is 10.1 Å². The molecule has 0 amide bonds. The highest BCUT2D eigenvalue weighted by Crippen LogP contribution is 2.37. The van der Waals surface area contributed by atoms with Gasteiger partial charge < -0.3 is 19.0 Å². The molecule has 0 radical (unpaired) electrons. The number of aromatic nitrogens is 2. The molecule has 200 valence electrons. The largest absolute Gasteiger partial charge is 0.487 e. The van der Waals surface area contributed by atoms with Gasteiger partial charge in [0.05, 0.1) is 17.7 Å². The second-order valence-electron chi connectivity index (χ2n) is 9.81. The van der Waals surface area contributed by atoms with Crippen molar-refractivity contribution in [1.82, 2.24) is 9.97 Å². The number of hydrogen-bond donors (Lipinski definition) is 1. The van der Waals surface area contributed by atoms with Crippen LogP contribution in [0.25, 0.3) is 22.2 Å². The fraction of sp³-hybridized carbons (Fsp3) is 0.200. The van der Waals surface area contributed by atoms with Gasteiger partial charge in [-0.05, 0) is 86.0 Å². The van der Waals surface area contributed by atoms with Gasteiger partial charge in [0.2, 0.25) is 0 Å². The topological polar surface area (TPSA) is 77.2 Å². The number of nitrogens with zero attached hydrogens (tertiary/aromatic N) is 2. The van der Waals surface area contributed by atoms with Crippen LogP contribution in [0.2, 0.25) is 5.02 Å². The molecule has 0 saturated carbocycles. The Morgan fingerprint density at radius 2 is 1.90 bits per heavy atom. The lowest BCUT2D eigenvalue weighted by atomic mass is 10.1. The molecule has 0 saturated heterocycles. The van der Waals surface area contributed by atoms with E-state index in [0.29, 0.717) is 28.3 Å². The maximum Gasteiger partial charge on any atom is 0.141 e. The van der Waals surface area contributed by atoms with E-state index in [-0.39, 0.29) is 12.4 Å². The molecule has 0 aliphatic heterocycles. The van der Waals surface area contributed by atoms with Crippen LogP contribution in [0.4, 0.5) is 15.9 Å². The van der Waals surface area contributed by atoms with Crippen LogP contribution in [0.3, 0.4) is 0 Å². The Labute approximate surface area is 231 Å². The van der Waals surface area contributed by atoms with Crippen molar-refractivity contribution >= 4 is 41.2 Å². The Kier molecular flexibility index (Phi) is 8.01. The van der Waals surface area contributed by atoms with E-state index in [0.717, 1.165) is 46.5 Å². The molecule has 5 rings (SSSR count). The van der Waals surface area contributed by atoms with Crippen LogP contribution in [0.5, 0.6) is 5.75 Å². The molecule has 0 bridgehead atoms. The Balaban J connectivity index is 1.31. The first-order chi connectivity index (χ1) is 18.7. The molecule has 0 atom stereocenters. The number of benzene rings is 3. The Morgan fingerprint density at radius 3 is 2.69 bits per heavy atom. The van der Waals surface area contributed by atoms with Gasteiger partial charge in [0.25, 0.3) is 0 Å². The normalized spacial score (nSPS) is 11.6. The van der Waals surface area contributed by atoms with Crippen molar-refractivity contribution in [3.8, 4) is 17.1 Å². The number of ether oxygens (including phenoxy) is 1. The maximum absolute atomic E-state index is 13.4. The summed E-state index contributed by atoms with van der Waals surface area (Å²) in [6.45, 7) is 3.83. The number of rotatable bonds is 10. The average Bonchev–Trinajstić information content (AvgIpc) is 3.36. The first-order valence-corrected chi connectivity index (χ1v) is 15.7. The highest BCUT2D eigenvalue weighted by Gasteiger charge is 2.12. The Morgan fingerprint density at radius 1 is 1.03 bits per heavy atom. The van der Waals surface area contributed by atoms with Gasteiger partial charge in [-0.15, -0.1) is 0 Å². The zero-order valence-corrected chi connectivity index (χ0v) is 23.3. The molecule has 0 aliphatic rings. The highest BCUT2D eigenvalue weighted by molar-refractivity contribution is 7.62. The van der Waals surface area contributed by atoms with Gasteiger partial charge in [-0.3, -0.25) is 0 Å². The molecule has 6 nitrogen and oxygen atoms in total. The third kappa shape index (κ3) is 7.05. The molecule has 1 N–H and O–H groups in total. The summed E-state index contributed by atoms with van der Waals surface area (Å²) in [5.41, 5.74) is 3.13. The minimum Gasteiger partial charge on any atom is -0.487 e. The van der Waals surface area contributed by atoms with Gasteiger partial charge in [-0.1, -0.05) is 23.7 Å². The maximum atomic E-state index is 13.4. The standard InChI is InChI=1S/C30H28ClFN3O3P/c1-39(2,36)14-4-7-24-10-13-28(38-24)21-8-11-27-25(16-21)30(34-19-33-27)35-23-9-12-29(26(31)17-23)37-18-20-5-3-6-22(32)15-20/h3,5-6,8-13,15-17,19H,4,7,14,18H2,1-2H3,(H,33,34,35). The number of aryl methyl sites for hydroxylation is 1. The van der Waals surface area contributed by atoms with Gasteiger partial charge in [0, 0.05) is 29.2 Å². The van der Waals surface area contributed by atoms with Crippen molar-refractivity contribution in [2.75, 3.05) is 24.8 Å². The van der Waals surface area contributed by atoms with Crippen LogP contribution in [0, 0.1) is 5.82 Å². The number of halogens is 2. The molecule has 0 fully saturated rings. The van der Waals surface area contributed by atoms with E-state index in [4.69, 9.17) is 20.8 Å². The van der Waals surface area contributed by atoms with E-state index >= 15 is 0 Å². The summed E-state index contributed by atoms with van der Waals surface area (Å²) in [5.74, 6) is 2.43. The van der Waals surface area contributed by atoms with E-state index in [2.05, 4.69) is 15.3 Å². The predicted octanol–water partition coefficient (Wildman–Crippen LogP) is 8.56. The van der Waals surface area contributed by atoms with Crippen LogP contribution >= 0.6 is 18.7 Å². The van der Waals surface area contributed by atoms with Gasteiger partial charge in [0.15, 0.2) is 0 Å². The first kappa shape index (κ1) is 26.9. The van der Waals surface area contributed by atoms with Crippen molar-refractivity contribution in [3.05, 3.63) is 101 Å². The quantitative estimate of drug-likeness (QED) is 0.171. The number of hydrogen-bond acceptors (Lipinski definition) is 6. The molecular formula is C30H28ClFN3O3P. The molecule has 0 aliphatic carbocycles. The van der Waals surface area contributed by atoms with Gasteiger partial charge >= 0.3 is 0 Å². The van der Waals surface area contributed by atoms with Crippen LogP contribution in [0.1, 0.15) is 17.7 Å². The number of nitrogens with one attached hydrogen (secondary N) is 1. The smallest absolute Gasteiger partial charge is 0.141 e. The molecule has 5 aromatic rings. The molecule has 39 heavy (non-hydrogen) atoms. The minimum atomic E-state index is -2.03. The molecule has 0 spiro atoms. The number of fused-ring (bicyclic) bond motifs is 1. The van der Waals surface area contributed by atoms with Crippen molar-refractivity contribution in [2.24, 2.45) is 0 Å². The van der Waals surface area contributed by atoms with Crippen molar-refractivity contribution in [2.45, 2.75) is 19.4 Å². The summed E-state index contributed by atoms with van der Waals surface area (Å²) < 4.78 is 37.3. The van der Waals surface area contributed by atoms with E-state index in [1.54, 1.807) is 24.3 Å². The number of furan rings is 1. The third-order valence-corrected chi connectivity index (χ3v) is 7.87. The molecule has 9 heteroatoms. The van der Waals surface area contributed by atoms with Crippen molar-refractivity contribution in [1.29, 1.82) is 0 Å². The average molecular weight is 564 g/mol. The summed E-state index contributed by atoms with van der Waals surface area (Å²) >= 11 is 6.48. The second-order valence-corrected chi connectivity index (χ2v) is 13.8. The summed E-state index contributed by atoms with van der Waals surface area (Å²) in [7, 11) is -2.03. The first-order valence-electron chi connectivity index (χ1n) is 12.6. The number of anilines is 2. The molecule has 2 heterocycles. The van der Waals surface area contributed by atoms with Crippen LogP contribution in [-0.4, -0.2) is 29.5 Å². The second kappa shape index (κ2) is 11.6. The van der Waals surface area contributed by atoms with Crippen LogP contribution in [0.15, 0.2) is 83.5 Å². The summed E-state index contributed by atoms with van der Waals surface area (Å²) in [6, 6.07) is 21.4. The Bertz CT molecular complexity index is 1670. The van der Waals surface area contributed by atoms with Gasteiger partial charge in [-0.2, -0.15) is 0 Å². The van der Waals surface area contributed by atoms with E-state index < -0.39 is 7.14 Å². The van der Waals surface area contributed by atoms with Crippen LogP contribution in [-0.2, 0) is 17.6 Å². The predicted molar refractivity (Wildman–Crippen MR) is 155 cm³/mol. The monoisotopic (exact) mass is 563 g/mol. The third-order valence-electron chi connectivity index (χ3n) is 6.18. The highest BCUT2D eigenvalue weighted by atomic mass is 35.5. The SMILES string of the molecule is CP(C)(=O)CCCc1ccc(-c2ccc3ncnc(Nc4ccc(OCc5cccc(F)c5)c(Cl)c4)c3c2)o1. The Hall–Kier alpha value is -3.67. The van der Waals surface area contributed by atoms with E-state index in [1.165, 1.54) is 18.5 Å².